The SMILES string of the molecule is CCOc1ccc(NC(=O)c2c(NC(C)=O)sc3c2CC[C@H](C)C3)cc1. The highest BCUT2D eigenvalue weighted by Crippen LogP contribution is 2.40. The van der Waals surface area contributed by atoms with Crippen molar-refractivity contribution in [3.63, 3.8) is 0 Å². The average Bonchev–Trinajstić information content (AvgIpc) is 2.93. The van der Waals surface area contributed by atoms with E-state index in [1.165, 1.54) is 23.1 Å². The minimum atomic E-state index is -0.176. The van der Waals surface area contributed by atoms with E-state index in [0.29, 0.717) is 28.8 Å². The van der Waals surface area contributed by atoms with E-state index in [9.17, 15) is 9.59 Å². The summed E-state index contributed by atoms with van der Waals surface area (Å²) in [6, 6.07) is 7.31. The Kier molecular flexibility index (Phi) is 5.61. The molecule has 1 aromatic carbocycles. The number of carbonyl (C=O) groups excluding carboxylic acids is 2. The molecule has 2 amide bonds. The highest BCUT2D eigenvalue weighted by Gasteiger charge is 2.28. The lowest BCUT2D eigenvalue weighted by Gasteiger charge is -2.18. The zero-order chi connectivity index (χ0) is 18.7. The minimum Gasteiger partial charge on any atom is -0.494 e. The van der Waals surface area contributed by atoms with Gasteiger partial charge in [-0.15, -0.1) is 11.3 Å². The van der Waals surface area contributed by atoms with Gasteiger partial charge in [-0.1, -0.05) is 6.92 Å². The fourth-order valence-corrected chi connectivity index (χ4v) is 4.69. The molecule has 0 unspecified atom stereocenters. The van der Waals surface area contributed by atoms with Crippen molar-refractivity contribution in [1.29, 1.82) is 0 Å². The molecule has 0 spiro atoms. The summed E-state index contributed by atoms with van der Waals surface area (Å²) in [6.45, 7) is 6.22. The Balaban J connectivity index is 1.86. The summed E-state index contributed by atoms with van der Waals surface area (Å²) >= 11 is 1.53. The molecule has 3 rings (SSSR count). The Labute approximate surface area is 157 Å². The van der Waals surface area contributed by atoms with Crippen LogP contribution >= 0.6 is 11.3 Å². The molecule has 1 atom stereocenters. The van der Waals surface area contributed by atoms with E-state index < -0.39 is 0 Å². The summed E-state index contributed by atoms with van der Waals surface area (Å²) < 4.78 is 5.43. The molecule has 1 aliphatic rings. The fraction of sp³-hybridized carbons (Fsp3) is 0.400. The number of ether oxygens (including phenoxy) is 1. The van der Waals surface area contributed by atoms with Gasteiger partial charge in [-0.2, -0.15) is 0 Å². The van der Waals surface area contributed by atoms with Crippen molar-refractivity contribution >= 4 is 33.8 Å². The van der Waals surface area contributed by atoms with E-state index in [2.05, 4.69) is 17.6 Å². The summed E-state index contributed by atoms with van der Waals surface area (Å²) in [7, 11) is 0. The summed E-state index contributed by atoms with van der Waals surface area (Å²) in [6.07, 6.45) is 2.90. The van der Waals surface area contributed by atoms with Crippen LogP contribution in [0.4, 0.5) is 10.7 Å². The second kappa shape index (κ2) is 7.91. The van der Waals surface area contributed by atoms with Crippen LogP contribution in [-0.2, 0) is 17.6 Å². The van der Waals surface area contributed by atoms with Crippen molar-refractivity contribution in [2.24, 2.45) is 5.92 Å². The van der Waals surface area contributed by atoms with Crippen LogP contribution in [0.3, 0.4) is 0 Å². The van der Waals surface area contributed by atoms with Gasteiger partial charge in [0.05, 0.1) is 12.2 Å². The number of thiophene rings is 1. The van der Waals surface area contributed by atoms with Gasteiger partial charge in [-0.3, -0.25) is 9.59 Å². The molecule has 2 N–H and O–H groups in total. The van der Waals surface area contributed by atoms with Crippen LogP contribution in [0.5, 0.6) is 5.75 Å². The van der Waals surface area contributed by atoms with E-state index in [1.54, 1.807) is 0 Å². The van der Waals surface area contributed by atoms with Crippen molar-refractivity contribution in [1.82, 2.24) is 0 Å². The van der Waals surface area contributed by atoms with E-state index in [4.69, 9.17) is 4.74 Å². The van der Waals surface area contributed by atoms with Gasteiger partial charge in [0.15, 0.2) is 0 Å². The van der Waals surface area contributed by atoms with Crippen molar-refractivity contribution in [3.05, 3.63) is 40.3 Å². The molecule has 0 bridgehead atoms. The van der Waals surface area contributed by atoms with Crippen LogP contribution in [0.15, 0.2) is 24.3 Å². The average molecular weight is 372 g/mol. The molecule has 5 nitrogen and oxygen atoms in total. The maximum Gasteiger partial charge on any atom is 0.258 e. The van der Waals surface area contributed by atoms with Gasteiger partial charge in [0.1, 0.15) is 10.8 Å². The summed E-state index contributed by atoms with van der Waals surface area (Å²) in [5.41, 5.74) is 2.40. The van der Waals surface area contributed by atoms with Gasteiger partial charge >= 0.3 is 0 Å². The normalized spacial score (nSPS) is 15.9. The zero-order valence-electron chi connectivity index (χ0n) is 15.3. The van der Waals surface area contributed by atoms with Crippen LogP contribution in [0.1, 0.15) is 48.0 Å². The maximum absolute atomic E-state index is 13.0. The lowest BCUT2D eigenvalue weighted by Crippen LogP contribution is -2.18. The first kappa shape index (κ1) is 18.5. The third-order valence-electron chi connectivity index (χ3n) is 4.45. The molecule has 1 aliphatic carbocycles. The summed E-state index contributed by atoms with van der Waals surface area (Å²) in [5.74, 6) is 1.04. The molecule has 0 radical (unpaired) electrons. The monoisotopic (exact) mass is 372 g/mol. The van der Waals surface area contributed by atoms with E-state index in [1.807, 2.05) is 31.2 Å². The molecular weight excluding hydrogens is 348 g/mol. The highest BCUT2D eigenvalue weighted by molar-refractivity contribution is 7.17. The first-order valence-electron chi connectivity index (χ1n) is 8.94. The number of carbonyl (C=O) groups is 2. The largest absolute Gasteiger partial charge is 0.494 e. The third kappa shape index (κ3) is 4.07. The second-order valence-electron chi connectivity index (χ2n) is 6.65. The maximum atomic E-state index is 13.0. The number of hydrogen-bond acceptors (Lipinski definition) is 4. The standard InChI is InChI=1S/C20H24N2O3S/c1-4-25-15-8-6-14(7-9-15)22-19(24)18-16-10-5-12(2)11-17(16)26-20(18)21-13(3)23/h6-9,12H,4-5,10-11H2,1-3H3,(H,21,23)(H,22,24)/t12-/m0/s1. The third-order valence-corrected chi connectivity index (χ3v) is 5.62. The number of nitrogens with one attached hydrogen (secondary N) is 2. The zero-order valence-corrected chi connectivity index (χ0v) is 16.2. The molecule has 2 aromatic rings. The van der Waals surface area contributed by atoms with Crippen LogP contribution < -0.4 is 15.4 Å². The smallest absolute Gasteiger partial charge is 0.258 e. The van der Waals surface area contributed by atoms with Gasteiger partial charge in [0.25, 0.3) is 5.91 Å². The number of hydrogen-bond donors (Lipinski definition) is 2. The quantitative estimate of drug-likeness (QED) is 0.813. The molecule has 0 aliphatic heterocycles. The highest BCUT2D eigenvalue weighted by atomic mass is 32.1. The van der Waals surface area contributed by atoms with Gasteiger partial charge in [0.2, 0.25) is 5.91 Å². The molecule has 0 saturated heterocycles. The Morgan fingerprint density at radius 3 is 2.62 bits per heavy atom. The van der Waals surface area contributed by atoms with Crippen LogP contribution in [-0.4, -0.2) is 18.4 Å². The number of rotatable bonds is 5. The van der Waals surface area contributed by atoms with E-state index in [-0.39, 0.29) is 11.8 Å². The first-order valence-corrected chi connectivity index (χ1v) is 9.76. The predicted octanol–water partition coefficient (Wildman–Crippen LogP) is 4.48. The van der Waals surface area contributed by atoms with Crippen LogP contribution in [0, 0.1) is 5.92 Å². The molecule has 138 valence electrons. The van der Waals surface area contributed by atoms with Crippen molar-refractivity contribution in [3.8, 4) is 5.75 Å². The predicted molar refractivity (Wildman–Crippen MR) is 105 cm³/mol. The molecule has 1 heterocycles. The number of fused-ring (bicyclic) bond motifs is 1. The molecule has 1 aromatic heterocycles. The summed E-state index contributed by atoms with van der Waals surface area (Å²) in [5, 5.41) is 6.44. The van der Waals surface area contributed by atoms with Gasteiger partial charge in [-0.25, -0.2) is 0 Å². The molecular formula is C20H24N2O3S. The van der Waals surface area contributed by atoms with Crippen LogP contribution in [0.25, 0.3) is 0 Å². The van der Waals surface area contributed by atoms with Crippen molar-refractivity contribution in [2.45, 2.75) is 40.0 Å². The van der Waals surface area contributed by atoms with E-state index >= 15 is 0 Å². The molecule has 0 fully saturated rings. The number of benzene rings is 1. The topological polar surface area (TPSA) is 67.4 Å². The van der Waals surface area contributed by atoms with E-state index in [0.717, 1.165) is 30.6 Å². The lowest BCUT2D eigenvalue weighted by atomic mass is 9.88. The molecule has 0 saturated carbocycles. The summed E-state index contributed by atoms with van der Waals surface area (Å²) in [4.78, 5) is 25.7. The van der Waals surface area contributed by atoms with Crippen LogP contribution in [0.2, 0.25) is 0 Å². The number of amides is 2. The van der Waals surface area contributed by atoms with Crippen molar-refractivity contribution < 1.29 is 14.3 Å². The van der Waals surface area contributed by atoms with Gasteiger partial charge in [0, 0.05) is 17.5 Å². The Morgan fingerprint density at radius 2 is 1.96 bits per heavy atom. The first-order chi connectivity index (χ1) is 12.5. The Hall–Kier alpha value is -2.34. The van der Waals surface area contributed by atoms with Gasteiger partial charge in [-0.05, 0) is 61.9 Å². The van der Waals surface area contributed by atoms with Crippen molar-refractivity contribution in [2.75, 3.05) is 17.2 Å². The second-order valence-corrected chi connectivity index (χ2v) is 7.75. The number of anilines is 2. The molecule has 26 heavy (non-hydrogen) atoms. The lowest BCUT2D eigenvalue weighted by molar-refractivity contribution is -0.114. The van der Waals surface area contributed by atoms with Gasteiger partial charge < -0.3 is 15.4 Å². The molecule has 6 heteroatoms. The fourth-order valence-electron chi connectivity index (χ4n) is 3.23. The Morgan fingerprint density at radius 1 is 1.23 bits per heavy atom. The Bertz CT molecular complexity index is 811. The minimum absolute atomic E-state index is 0.160.